The van der Waals surface area contributed by atoms with Gasteiger partial charge >= 0.3 is 5.97 Å². The molecule has 0 radical (unpaired) electrons. The molecule has 0 atom stereocenters. The number of hydrogen-bond donors (Lipinski definition) is 1. The number of nitrogens with zero attached hydrogens (tertiary/aromatic N) is 2. The van der Waals surface area contributed by atoms with E-state index in [0.717, 1.165) is 0 Å². The van der Waals surface area contributed by atoms with Crippen LogP contribution in [0.2, 0.25) is 0 Å². The minimum Gasteiger partial charge on any atom is -0.493 e. The first-order valence-corrected chi connectivity index (χ1v) is 7.04. The number of carbonyl (C=O) groups is 3. The van der Waals surface area contributed by atoms with Gasteiger partial charge in [-0.1, -0.05) is 6.07 Å². The van der Waals surface area contributed by atoms with Crippen molar-refractivity contribution in [1.29, 1.82) is 0 Å². The van der Waals surface area contributed by atoms with E-state index in [1.807, 2.05) is 0 Å². The summed E-state index contributed by atoms with van der Waals surface area (Å²) in [6.45, 7) is 2.63. The summed E-state index contributed by atoms with van der Waals surface area (Å²) in [7, 11) is 3.07. The maximum absolute atomic E-state index is 12.0. The van der Waals surface area contributed by atoms with Gasteiger partial charge in [0, 0.05) is 20.9 Å². The van der Waals surface area contributed by atoms with Crippen LogP contribution in [0.15, 0.2) is 28.9 Å². The number of ether oxygens (including phenoxy) is 2. The molecule has 0 aliphatic carbocycles. The number of aliphatic imine (C=N–C) groups is 1. The summed E-state index contributed by atoms with van der Waals surface area (Å²) >= 11 is 0. The van der Waals surface area contributed by atoms with Crippen LogP contribution in [0.4, 0.5) is 0 Å². The molecule has 0 unspecified atom stereocenters. The number of guanidine groups is 1. The van der Waals surface area contributed by atoms with E-state index in [9.17, 15) is 14.4 Å². The minimum absolute atomic E-state index is 0.169. The summed E-state index contributed by atoms with van der Waals surface area (Å²) in [6, 6.07) is 4.87. The largest absolute Gasteiger partial charge is 0.493 e. The van der Waals surface area contributed by atoms with Gasteiger partial charge in [-0.15, -0.1) is 0 Å². The Morgan fingerprint density at radius 1 is 1.25 bits per heavy atom. The molecule has 1 aromatic rings. The average molecular weight is 331 g/mol. The number of benzene rings is 1. The number of hydrogen-bond acceptors (Lipinski definition) is 6. The highest BCUT2D eigenvalue weighted by Crippen LogP contribution is 2.29. The van der Waals surface area contributed by atoms with Crippen molar-refractivity contribution in [3.63, 3.8) is 0 Å². The molecular formula is C16H17N3O5. The van der Waals surface area contributed by atoms with Crippen LogP contribution in [-0.4, -0.2) is 42.8 Å². The van der Waals surface area contributed by atoms with Gasteiger partial charge in [0.1, 0.15) is 5.70 Å². The Hall–Kier alpha value is -3.16. The van der Waals surface area contributed by atoms with Gasteiger partial charge in [-0.2, -0.15) is 4.99 Å². The highest BCUT2D eigenvalue weighted by molar-refractivity contribution is 6.15. The lowest BCUT2D eigenvalue weighted by Gasteiger charge is -2.15. The summed E-state index contributed by atoms with van der Waals surface area (Å²) in [5.74, 6) is -0.434. The molecule has 126 valence electrons. The Morgan fingerprint density at radius 2 is 1.96 bits per heavy atom. The third-order valence-electron chi connectivity index (χ3n) is 3.14. The monoisotopic (exact) mass is 331 g/mol. The molecule has 0 fully saturated rings. The number of likely N-dealkylation sites (N-methyl/N-ethyl adjacent to an activating group) is 1. The van der Waals surface area contributed by atoms with Crippen LogP contribution in [-0.2, 0) is 14.4 Å². The summed E-state index contributed by atoms with van der Waals surface area (Å²) in [5, 5.41) is 2.48. The zero-order valence-electron chi connectivity index (χ0n) is 13.7. The quantitative estimate of drug-likeness (QED) is 0.503. The van der Waals surface area contributed by atoms with Crippen molar-refractivity contribution in [1.82, 2.24) is 10.2 Å². The van der Waals surface area contributed by atoms with Gasteiger partial charge in [-0.05, 0) is 23.8 Å². The van der Waals surface area contributed by atoms with Gasteiger partial charge < -0.3 is 14.4 Å². The fourth-order valence-corrected chi connectivity index (χ4v) is 2.08. The molecular weight excluding hydrogens is 314 g/mol. The number of esters is 1. The van der Waals surface area contributed by atoms with E-state index in [2.05, 4.69) is 10.3 Å². The molecule has 2 amide bonds. The third kappa shape index (κ3) is 3.78. The molecule has 0 spiro atoms. The number of rotatable bonds is 3. The third-order valence-corrected chi connectivity index (χ3v) is 3.14. The van der Waals surface area contributed by atoms with Gasteiger partial charge in [0.15, 0.2) is 11.5 Å². The van der Waals surface area contributed by atoms with E-state index in [-0.39, 0.29) is 17.6 Å². The lowest BCUT2D eigenvalue weighted by molar-refractivity contribution is -0.132. The first-order valence-electron chi connectivity index (χ1n) is 7.04. The predicted molar refractivity (Wildman–Crippen MR) is 86.3 cm³/mol. The fraction of sp³-hybridized carbons (Fsp3) is 0.250. The van der Waals surface area contributed by atoms with Crippen LogP contribution < -0.4 is 14.8 Å². The molecule has 1 aliphatic heterocycles. The Morgan fingerprint density at radius 3 is 2.54 bits per heavy atom. The average Bonchev–Trinajstić information content (AvgIpc) is 2.75. The van der Waals surface area contributed by atoms with E-state index in [1.54, 1.807) is 31.3 Å². The maximum atomic E-state index is 12.0. The van der Waals surface area contributed by atoms with Crippen molar-refractivity contribution in [2.24, 2.45) is 4.99 Å². The normalized spacial score (nSPS) is 15.3. The highest BCUT2D eigenvalue weighted by atomic mass is 16.6. The van der Waals surface area contributed by atoms with Crippen LogP contribution in [0.3, 0.4) is 0 Å². The smallest absolute Gasteiger partial charge is 0.308 e. The summed E-state index contributed by atoms with van der Waals surface area (Å²) in [4.78, 5) is 39.5. The summed E-state index contributed by atoms with van der Waals surface area (Å²) in [6.07, 6.45) is 1.60. The molecule has 0 saturated carbocycles. The van der Waals surface area contributed by atoms with Crippen molar-refractivity contribution in [2.75, 3.05) is 14.2 Å². The second-order valence-electron chi connectivity index (χ2n) is 5.01. The number of amides is 2. The molecule has 0 bridgehead atoms. The molecule has 1 N–H and O–H groups in total. The molecule has 1 aromatic carbocycles. The zero-order chi connectivity index (χ0) is 17.9. The lowest BCUT2D eigenvalue weighted by Crippen LogP contribution is -2.37. The van der Waals surface area contributed by atoms with E-state index >= 15 is 0 Å². The van der Waals surface area contributed by atoms with E-state index < -0.39 is 11.9 Å². The van der Waals surface area contributed by atoms with Crippen LogP contribution in [0.1, 0.15) is 19.4 Å². The van der Waals surface area contributed by atoms with Crippen molar-refractivity contribution < 1.29 is 23.9 Å². The SMILES string of the molecule is COc1cc(/C=C2/C(=O)N=C(NC(C)=O)N2C)ccc1OC(C)=O. The van der Waals surface area contributed by atoms with Gasteiger partial charge in [-0.3, -0.25) is 19.7 Å². The van der Waals surface area contributed by atoms with Crippen molar-refractivity contribution in [3.05, 3.63) is 29.5 Å². The Kier molecular flexibility index (Phi) is 4.98. The highest BCUT2D eigenvalue weighted by Gasteiger charge is 2.27. The van der Waals surface area contributed by atoms with E-state index in [0.29, 0.717) is 17.0 Å². The second-order valence-corrected chi connectivity index (χ2v) is 5.01. The Balaban J connectivity index is 2.30. The van der Waals surface area contributed by atoms with Gasteiger partial charge in [-0.25, -0.2) is 0 Å². The standard InChI is InChI=1S/C16H17N3O5/c1-9(20)17-16-18-15(22)12(19(16)3)7-11-5-6-13(24-10(2)21)14(8-11)23-4/h5-8H,1-4H3,(H,17,18,20,22)/b12-7-. The van der Waals surface area contributed by atoms with Crippen LogP contribution in [0, 0.1) is 0 Å². The first kappa shape index (κ1) is 17.2. The topological polar surface area (TPSA) is 97.3 Å². The Labute approximate surface area is 138 Å². The number of carbonyl (C=O) groups excluding carboxylic acids is 3. The molecule has 8 heteroatoms. The molecule has 0 aromatic heterocycles. The fourth-order valence-electron chi connectivity index (χ4n) is 2.08. The van der Waals surface area contributed by atoms with Crippen molar-refractivity contribution >= 4 is 29.8 Å². The van der Waals surface area contributed by atoms with Crippen LogP contribution in [0.5, 0.6) is 11.5 Å². The minimum atomic E-state index is -0.468. The van der Waals surface area contributed by atoms with Crippen molar-refractivity contribution in [2.45, 2.75) is 13.8 Å². The number of nitrogens with one attached hydrogen (secondary N) is 1. The Bertz CT molecular complexity index is 767. The maximum Gasteiger partial charge on any atom is 0.308 e. The molecule has 1 heterocycles. The first-order chi connectivity index (χ1) is 11.3. The van der Waals surface area contributed by atoms with Crippen molar-refractivity contribution in [3.8, 4) is 11.5 Å². The van der Waals surface area contributed by atoms with Crippen LogP contribution >= 0.6 is 0 Å². The molecule has 8 nitrogen and oxygen atoms in total. The van der Waals surface area contributed by atoms with Gasteiger partial charge in [0.25, 0.3) is 5.91 Å². The number of methoxy groups -OCH3 is 1. The summed E-state index contributed by atoms with van der Waals surface area (Å²) < 4.78 is 10.2. The molecule has 0 saturated heterocycles. The predicted octanol–water partition coefficient (Wildman–Crippen LogP) is 0.925. The zero-order valence-corrected chi connectivity index (χ0v) is 13.7. The van der Waals surface area contributed by atoms with E-state index in [4.69, 9.17) is 9.47 Å². The lowest BCUT2D eigenvalue weighted by atomic mass is 10.1. The van der Waals surface area contributed by atoms with Gasteiger partial charge in [0.05, 0.1) is 7.11 Å². The van der Waals surface area contributed by atoms with E-state index in [1.165, 1.54) is 25.9 Å². The molecule has 24 heavy (non-hydrogen) atoms. The molecule has 2 rings (SSSR count). The second kappa shape index (κ2) is 6.95. The van der Waals surface area contributed by atoms with Gasteiger partial charge in [0.2, 0.25) is 11.9 Å². The molecule has 1 aliphatic rings. The van der Waals surface area contributed by atoms with Crippen LogP contribution in [0.25, 0.3) is 6.08 Å². The summed E-state index contributed by atoms with van der Waals surface area (Å²) in [5.41, 5.74) is 0.943.